The van der Waals surface area contributed by atoms with E-state index in [1.807, 2.05) is 0 Å². The van der Waals surface area contributed by atoms with E-state index >= 15 is 0 Å². The molecule has 0 spiro atoms. The number of aliphatic hydroxyl groups excluding tert-OH is 2. The van der Waals surface area contributed by atoms with Gasteiger partial charge in [0.15, 0.2) is 24.6 Å². The average Bonchev–Trinajstić information content (AvgIpc) is 3.39. The Balaban J connectivity index is 2.69. The summed E-state index contributed by atoms with van der Waals surface area (Å²) in [5.74, 6) is -3.16. The van der Waals surface area contributed by atoms with E-state index in [1.165, 1.54) is 51.4 Å². The lowest BCUT2D eigenvalue weighted by atomic mass is 9.98. The van der Waals surface area contributed by atoms with E-state index in [-0.39, 0.29) is 25.9 Å². The number of hydrogen-bond acceptors (Lipinski definition) is 11. The van der Waals surface area contributed by atoms with Crippen LogP contribution in [0.4, 0.5) is 0 Å². The number of rotatable bonds is 50. The van der Waals surface area contributed by atoms with Crippen LogP contribution in [0.1, 0.15) is 252 Å². The standard InChI is InChI=1S/C63H106O12/c1-4-7-10-13-16-19-22-25-26-27-28-29-30-33-34-37-40-43-46-49-55(64)71-52-54(73-56(65)50-47-44-41-38-35-31-23-20-17-14-11-8-5-2)53-72-63-61(59(68)58(67)60(75-63)62(69)70)74-57(66)51-48-45-42-39-36-32-24-21-18-15-12-9-6-3/h7,10,16,19-21,23-26,28-29,54,58-61,63,67-68H,4-6,8-9,11-15,17-18,22,27,30-53H2,1-3H3,(H,69,70)/b10-7-,19-16-,23-20-,24-21-,26-25-,29-28-. The number of carboxylic acid groups (broad SMARTS) is 1. The summed E-state index contributed by atoms with van der Waals surface area (Å²) in [6.45, 7) is 5.82. The third-order valence-corrected chi connectivity index (χ3v) is 13.2. The first-order valence-electron chi connectivity index (χ1n) is 29.9. The van der Waals surface area contributed by atoms with Crippen molar-refractivity contribution < 1.29 is 58.2 Å². The first kappa shape index (κ1) is 69.2. The van der Waals surface area contributed by atoms with E-state index in [9.17, 15) is 34.5 Å². The minimum atomic E-state index is -1.91. The van der Waals surface area contributed by atoms with Crippen LogP contribution in [-0.4, -0.2) is 89.2 Å². The quantitative estimate of drug-likeness (QED) is 0.0228. The highest BCUT2D eigenvalue weighted by molar-refractivity contribution is 5.74. The van der Waals surface area contributed by atoms with E-state index < -0.39 is 67.3 Å². The zero-order valence-electron chi connectivity index (χ0n) is 47.3. The maximum absolute atomic E-state index is 13.1. The number of carbonyl (C=O) groups is 4. The lowest BCUT2D eigenvalue weighted by molar-refractivity contribution is -0.301. The fourth-order valence-electron chi connectivity index (χ4n) is 8.64. The normalized spacial score (nSPS) is 18.7. The molecule has 0 saturated carbocycles. The van der Waals surface area contributed by atoms with Gasteiger partial charge in [0.25, 0.3) is 0 Å². The van der Waals surface area contributed by atoms with Gasteiger partial charge in [-0.25, -0.2) is 4.79 Å². The van der Waals surface area contributed by atoms with E-state index in [1.54, 1.807) is 0 Å². The number of unbranched alkanes of at least 4 members (excludes halogenated alkanes) is 24. The Hall–Kier alpha value is -3.84. The summed E-state index contributed by atoms with van der Waals surface area (Å²) in [6.07, 6.45) is 51.5. The van der Waals surface area contributed by atoms with Crippen molar-refractivity contribution >= 4 is 23.9 Å². The van der Waals surface area contributed by atoms with Crippen LogP contribution in [0.2, 0.25) is 0 Å². The summed E-state index contributed by atoms with van der Waals surface area (Å²) in [7, 11) is 0. The largest absolute Gasteiger partial charge is 0.479 e. The van der Waals surface area contributed by atoms with Crippen molar-refractivity contribution in [2.75, 3.05) is 13.2 Å². The smallest absolute Gasteiger partial charge is 0.335 e. The molecule has 1 saturated heterocycles. The first-order chi connectivity index (χ1) is 36.6. The minimum Gasteiger partial charge on any atom is -0.479 e. The Labute approximate surface area is 455 Å². The molecule has 75 heavy (non-hydrogen) atoms. The molecule has 0 bridgehead atoms. The van der Waals surface area contributed by atoms with Crippen LogP contribution in [0.5, 0.6) is 0 Å². The summed E-state index contributed by atoms with van der Waals surface area (Å²) in [5.41, 5.74) is 0. The molecule has 1 aliphatic heterocycles. The molecule has 6 atom stereocenters. The molecule has 0 aliphatic carbocycles. The molecule has 0 amide bonds. The van der Waals surface area contributed by atoms with Gasteiger partial charge >= 0.3 is 23.9 Å². The summed E-state index contributed by atoms with van der Waals surface area (Å²) < 4.78 is 28.4. The molecule has 12 heteroatoms. The molecule has 3 N–H and O–H groups in total. The maximum Gasteiger partial charge on any atom is 0.335 e. The Morgan fingerprint density at radius 1 is 0.453 bits per heavy atom. The van der Waals surface area contributed by atoms with Crippen LogP contribution in [0.15, 0.2) is 72.9 Å². The molecule has 0 aromatic heterocycles. The number of allylic oxidation sites excluding steroid dienone is 12. The van der Waals surface area contributed by atoms with Gasteiger partial charge in [-0.1, -0.05) is 196 Å². The van der Waals surface area contributed by atoms with Gasteiger partial charge in [0, 0.05) is 19.3 Å². The zero-order valence-corrected chi connectivity index (χ0v) is 47.3. The van der Waals surface area contributed by atoms with E-state index in [0.29, 0.717) is 19.3 Å². The number of carbonyl (C=O) groups excluding carboxylic acids is 3. The molecule has 1 fully saturated rings. The maximum atomic E-state index is 13.1. The number of aliphatic hydroxyl groups is 2. The first-order valence-corrected chi connectivity index (χ1v) is 29.9. The van der Waals surface area contributed by atoms with Crippen LogP contribution in [0.3, 0.4) is 0 Å². The number of aliphatic carboxylic acids is 1. The molecule has 6 unspecified atom stereocenters. The molecule has 1 rings (SSSR count). The SMILES string of the molecule is CC/C=C\C/C=C\C/C=C\C/C=C\CCCCCCCCC(=O)OCC(COC1OC(C(=O)O)C(O)C(O)C1OC(=O)CCCCCCC/C=C\CCCCCC)OC(=O)CCCCCCC/C=C\CCCCCC. The molecule has 0 aromatic rings. The van der Waals surface area contributed by atoms with Gasteiger partial charge in [0.1, 0.15) is 18.8 Å². The zero-order chi connectivity index (χ0) is 54.7. The number of ether oxygens (including phenoxy) is 5. The van der Waals surface area contributed by atoms with Crippen LogP contribution in [0, 0.1) is 0 Å². The highest BCUT2D eigenvalue weighted by atomic mass is 16.7. The van der Waals surface area contributed by atoms with Crippen molar-refractivity contribution in [1.29, 1.82) is 0 Å². The molecule has 1 heterocycles. The number of carboxylic acids is 1. The molecular formula is C63H106O12. The van der Waals surface area contributed by atoms with Crippen molar-refractivity contribution in [3.05, 3.63) is 72.9 Å². The molecule has 1 aliphatic rings. The second-order valence-corrected chi connectivity index (χ2v) is 20.2. The van der Waals surface area contributed by atoms with Crippen LogP contribution in [-0.2, 0) is 42.9 Å². The topological polar surface area (TPSA) is 175 Å². The van der Waals surface area contributed by atoms with E-state index in [2.05, 4.69) is 93.7 Å². The van der Waals surface area contributed by atoms with Crippen LogP contribution < -0.4 is 0 Å². The summed E-state index contributed by atoms with van der Waals surface area (Å²) in [6, 6.07) is 0. The van der Waals surface area contributed by atoms with Gasteiger partial charge in [-0.3, -0.25) is 14.4 Å². The van der Waals surface area contributed by atoms with Crippen LogP contribution >= 0.6 is 0 Å². The summed E-state index contributed by atoms with van der Waals surface area (Å²) in [5, 5.41) is 31.5. The molecule has 0 radical (unpaired) electrons. The number of hydrogen-bond donors (Lipinski definition) is 3. The van der Waals surface area contributed by atoms with Gasteiger partial charge in [-0.05, 0) is 109 Å². The Morgan fingerprint density at radius 2 is 0.840 bits per heavy atom. The van der Waals surface area contributed by atoms with Crippen molar-refractivity contribution in [3.63, 3.8) is 0 Å². The van der Waals surface area contributed by atoms with E-state index in [0.717, 1.165) is 141 Å². The fraction of sp³-hybridized carbons (Fsp3) is 0.746. The van der Waals surface area contributed by atoms with Crippen molar-refractivity contribution in [2.24, 2.45) is 0 Å². The van der Waals surface area contributed by atoms with Crippen LogP contribution in [0.25, 0.3) is 0 Å². The van der Waals surface area contributed by atoms with Gasteiger partial charge < -0.3 is 39.0 Å². The second kappa shape index (κ2) is 50.9. The summed E-state index contributed by atoms with van der Waals surface area (Å²) in [4.78, 5) is 51.1. The highest BCUT2D eigenvalue weighted by Crippen LogP contribution is 2.26. The van der Waals surface area contributed by atoms with E-state index in [4.69, 9.17) is 23.7 Å². The Morgan fingerprint density at radius 3 is 1.29 bits per heavy atom. The van der Waals surface area contributed by atoms with Crippen molar-refractivity contribution in [2.45, 2.75) is 289 Å². The predicted octanol–water partition coefficient (Wildman–Crippen LogP) is 15.3. The Kier molecular flexibility index (Phi) is 47.0. The Bertz CT molecular complexity index is 1580. The van der Waals surface area contributed by atoms with Crippen molar-refractivity contribution in [1.82, 2.24) is 0 Å². The second-order valence-electron chi connectivity index (χ2n) is 20.2. The van der Waals surface area contributed by atoms with Gasteiger partial charge in [-0.2, -0.15) is 0 Å². The molecular weight excluding hydrogens is 949 g/mol. The third-order valence-electron chi connectivity index (χ3n) is 13.2. The highest BCUT2D eigenvalue weighted by Gasteiger charge is 2.50. The predicted molar refractivity (Wildman–Crippen MR) is 303 cm³/mol. The molecule has 12 nitrogen and oxygen atoms in total. The third kappa shape index (κ3) is 41.0. The number of esters is 3. The van der Waals surface area contributed by atoms with Gasteiger partial charge in [0.05, 0.1) is 6.61 Å². The monoisotopic (exact) mass is 1050 g/mol. The average molecular weight is 1060 g/mol. The fourth-order valence-corrected chi connectivity index (χ4v) is 8.64. The lowest BCUT2D eigenvalue weighted by Gasteiger charge is -2.40. The molecule has 0 aromatic carbocycles. The minimum absolute atomic E-state index is 0.0468. The van der Waals surface area contributed by atoms with Crippen molar-refractivity contribution in [3.8, 4) is 0 Å². The van der Waals surface area contributed by atoms with Gasteiger partial charge in [-0.15, -0.1) is 0 Å². The lowest BCUT2D eigenvalue weighted by Crippen LogP contribution is -2.61. The summed E-state index contributed by atoms with van der Waals surface area (Å²) >= 11 is 0. The van der Waals surface area contributed by atoms with Gasteiger partial charge in [0.2, 0.25) is 0 Å². The molecule has 430 valence electrons.